The zero-order valence-electron chi connectivity index (χ0n) is 25.0. The number of anilines is 1. The lowest BCUT2D eigenvalue weighted by Gasteiger charge is -2.23. The molecule has 43 heavy (non-hydrogen) atoms. The van der Waals surface area contributed by atoms with Crippen LogP contribution in [0.5, 0.6) is 0 Å². The van der Waals surface area contributed by atoms with E-state index < -0.39 is 15.6 Å². The van der Waals surface area contributed by atoms with Crippen LogP contribution in [0, 0.1) is 0 Å². The minimum atomic E-state index is -3.98. The zero-order valence-corrected chi connectivity index (χ0v) is 25.8. The van der Waals surface area contributed by atoms with E-state index in [1.807, 2.05) is 36.1 Å². The Balaban J connectivity index is 1.30. The van der Waals surface area contributed by atoms with E-state index in [1.54, 1.807) is 24.3 Å². The van der Waals surface area contributed by atoms with Gasteiger partial charge in [-0.1, -0.05) is 67.7 Å². The second-order valence-corrected chi connectivity index (χ2v) is 13.5. The molecule has 2 saturated carbocycles. The van der Waals surface area contributed by atoms with E-state index in [1.165, 1.54) is 0 Å². The van der Waals surface area contributed by atoms with Crippen molar-refractivity contribution in [1.29, 1.82) is 0 Å². The first-order chi connectivity index (χ1) is 20.8. The number of ether oxygens (including phenoxy) is 1. The molecule has 0 atom stereocenters. The number of unbranched alkanes of at least 4 members (excludes halogenated alkanes) is 1. The lowest BCUT2D eigenvalue weighted by molar-refractivity contribution is -0.131. The van der Waals surface area contributed by atoms with Crippen LogP contribution in [0.15, 0.2) is 62.9 Å². The molecular weight excluding hydrogens is 564 g/mol. The summed E-state index contributed by atoms with van der Waals surface area (Å²) in [6.45, 7) is 5.33. The topological polar surface area (TPSA) is 114 Å². The third kappa shape index (κ3) is 6.13. The maximum Gasteiger partial charge on any atom is 0.264 e. The monoisotopic (exact) mass is 604 g/mol. The van der Waals surface area contributed by atoms with E-state index in [0.717, 1.165) is 86.0 Å². The van der Waals surface area contributed by atoms with Gasteiger partial charge in [0.1, 0.15) is 11.4 Å². The van der Waals surface area contributed by atoms with Crippen molar-refractivity contribution in [1.82, 2.24) is 10.1 Å². The summed E-state index contributed by atoms with van der Waals surface area (Å²) in [7, 11) is -3.98. The van der Waals surface area contributed by atoms with Crippen molar-refractivity contribution in [2.24, 2.45) is 4.99 Å². The molecule has 1 aromatic heterocycles. The highest BCUT2D eigenvalue weighted by Gasteiger charge is 2.49. The molecule has 3 aromatic rings. The van der Waals surface area contributed by atoms with Crippen molar-refractivity contribution in [2.75, 3.05) is 11.3 Å². The molecule has 0 saturated heterocycles. The predicted octanol–water partition coefficient (Wildman–Crippen LogP) is 6.80. The fraction of sp³-hybridized carbons (Fsp3) is 0.485. The number of carbonyl (C=O) groups excluding carboxylic acids is 1. The Labute approximate surface area is 253 Å². The molecule has 1 spiro atoms. The molecule has 0 bridgehead atoms. The Kier molecular flexibility index (Phi) is 8.42. The van der Waals surface area contributed by atoms with Crippen LogP contribution in [-0.2, 0) is 32.7 Å². The molecule has 1 aliphatic heterocycles. The summed E-state index contributed by atoms with van der Waals surface area (Å²) < 4.78 is 40.9. The molecule has 2 heterocycles. The first kappa shape index (κ1) is 29.6. The van der Waals surface area contributed by atoms with Gasteiger partial charge in [0.15, 0.2) is 0 Å². The van der Waals surface area contributed by atoms with Crippen molar-refractivity contribution in [3.8, 4) is 11.1 Å². The van der Waals surface area contributed by atoms with E-state index in [0.29, 0.717) is 31.2 Å². The number of rotatable bonds is 13. The van der Waals surface area contributed by atoms with Gasteiger partial charge in [-0.15, -0.1) is 0 Å². The Bertz CT molecular complexity index is 1620. The van der Waals surface area contributed by atoms with Crippen molar-refractivity contribution in [3.63, 3.8) is 0 Å². The third-order valence-electron chi connectivity index (χ3n) is 8.68. The Morgan fingerprint density at radius 1 is 1.07 bits per heavy atom. The Morgan fingerprint density at radius 3 is 2.60 bits per heavy atom. The largest absolute Gasteiger partial charge is 0.377 e. The minimum Gasteiger partial charge on any atom is -0.377 e. The summed E-state index contributed by atoms with van der Waals surface area (Å²) in [4.78, 5) is 20.7. The third-order valence-corrected chi connectivity index (χ3v) is 10.1. The number of amides is 1. The van der Waals surface area contributed by atoms with Crippen LogP contribution in [0.25, 0.3) is 11.1 Å². The molecule has 1 N–H and O–H groups in total. The first-order valence-corrected chi connectivity index (χ1v) is 17.0. The maximum atomic E-state index is 13.7. The highest BCUT2D eigenvalue weighted by Crippen LogP contribution is 2.42. The van der Waals surface area contributed by atoms with Gasteiger partial charge in [-0.2, -0.15) is 0 Å². The molecule has 10 heteroatoms. The van der Waals surface area contributed by atoms with Crippen LogP contribution in [0.1, 0.15) is 94.4 Å². The van der Waals surface area contributed by atoms with Gasteiger partial charge in [0.2, 0.25) is 5.88 Å². The van der Waals surface area contributed by atoms with Gasteiger partial charge in [0.25, 0.3) is 15.9 Å². The number of amidine groups is 1. The predicted molar refractivity (Wildman–Crippen MR) is 165 cm³/mol. The summed E-state index contributed by atoms with van der Waals surface area (Å²) in [5, 5.41) is 4.03. The number of hydrogen-bond acceptors (Lipinski definition) is 7. The number of sulfonamides is 1. The number of carbonyl (C=O) groups is 1. The van der Waals surface area contributed by atoms with Crippen LogP contribution >= 0.6 is 0 Å². The van der Waals surface area contributed by atoms with E-state index in [2.05, 4.69) is 16.8 Å². The molecule has 228 valence electrons. The number of aromatic nitrogens is 1. The number of nitrogens with one attached hydrogen (secondary N) is 1. The smallest absolute Gasteiger partial charge is 0.264 e. The molecule has 3 aliphatic rings. The number of benzene rings is 2. The second kappa shape index (κ2) is 12.2. The summed E-state index contributed by atoms with van der Waals surface area (Å²) in [6, 6.07) is 14.5. The Morgan fingerprint density at radius 2 is 1.86 bits per heavy atom. The number of nitrogens with zero attached hydrogens (tertiary/aromatic N) is 3. The standard InChI is InChI=1S/C33H40N4O5S/c1-3-5-12-30-34-33(17-8-9-18-33)32(38)37(30)21-23-13-16-26(25(19-23)22-41-4-2)27-10-6-7-11-29(27)43(39,40)36-31-20-28(35-42-31)24-14-15-24/h6-7,10-11,13,16,19-20,24,36H,3-5,8-9,12,14-15,17-18,21-22H2,1-2H3. The molecule has 9 nitrogen and oxygen atoms in total. The maximum absolute atomic E-state index is 13.7. The van der Waals surface area contributed by atoms with Crippen LogP contribution in [0.3, 0.4) is 0 Å². The number of hydrogen-bond donors (Lipinski definition) is 1. The fourth-order valence-corrected chi connectivity index (χ4v) is 7.44. The second-order valence-electron chi connectivity index (χ2n) is 11.9. The number of aliphatic imine (C=N–C) groups is 1. The molecule has 0 unspecified atom stereocenters. The average Bonchev–Trinajstić information content (AvgIpc) is 3.47. The van der Waals surface area contributed by atoms with Crippen LogP contribution in [-0.4, -0.2) is 42.4 Å². The molecule has 2 aliphatic carbocycles. The van der Waals surface area contributed by atoms with Crippen molar-refractivity contribution in [2.45, 2.75) is 101 Å². The highest BCUT2D eigenvalue weighted by atomic mass is 32.2. The van der Waals surface area contributed by atoms with Gasteiger partial charge in [-0.05, 0) is 61.8 Å². The molecule has 6 rings (SSSR count). The van der Waals surface area contributed by atoms with E-state index >= 15 is 0 Å². The van der Waals surface area contributed by atoms with E-state index in [4.69, 9.17) is 14.3 Å². The normalized spacial score (nSPS) is 18.0. The molecule has 0 radical (unpaired) electrons. The van der Waals surface area contributed by atoms with Crippen LogP contribution in [0.2, 0.25) is 0 Å². The van der Waals surface area contributed by atoms with Gasteiger partial charge >= 0.3 is 0 Å². The van der Waals surface area contributed by atoms with Crippen molar-refractivity contribution < 1.29 is 22.5 Å². The van der Waals surface area contributed by atoms with Gasteiger partial charge in [-0.25, -0.2) is 13.1 Å². The van der Waals surface area contributed by atoms with Gasteiger partial charge in [0.05, 0.1) is 23.7 Å². The van der Waals surface area contributed by atoms with E-state index in [-0.39, 0.29) is 16.7 Å². The molecule has 1 amide bonds. The lowest BCUT2D eigenvalue weighted by Crippen LogP contribution is -2.40. The minimum absolute atomic E-state index is 0.109. The average molecular weight is 605 g/mol. The van der Waals surface area contributed by atoms with Crippen LogP contribution in [0.4, 0.5) is 5.88 Å². The summed E-state index contributed by atoms with van der Waals surface area (Å²) in [5.74, 6) is 1.47. The SMILES string of the molecule is CCCCC1=NC2(CCCC2)C(=O)N1Cc1ccc(-c2ccccc2S(=O)(=O)Nc2cc(C3CC3)no2)c(COCC)c1. The molecule has 2 fully saturated rings. The van der Waals surface area contributed by atoms with Crippen LogP contribution < -0.4 is 4.72 Å². The summed E-state index contributed by atoms with van der Waals surface area (Å²) in [6.07, 6.45) is 8.61. The zero-order chi connectivity index (χ0) is 30.0. The summed E-state index contributed by atoms with van der Waals surface area (Å²) >= 11 is 0. The van der Waals surface area contributed by atoms with E-state index in [9.17, 15) is 13.2 Å². The molecular formula is C33H40N4O5S. The lowest BCUT2D eigenvalue weighted by atomic mass is 9.96. The van der Waals surface area contributed by atoms with Gasteiger partial charge in [-0.3, -0.25) is 14.7 Å². The summed E-state index contributed by atoms with van der Waals surface area (Å²) in [5.41, 5.74) is 3.32. The quantitative estimate of drug-likeness (QED) is 0.230. The molecule has 2 aromatic carbocycles. The first-order valence-electron chi connectivity index (χ1n) is 15.5. The Hall–Kier alpha value is -3.50. The fourth-order valence-electron chi connectivity index (χ4n) is 6.24. The van der Waals surface area contributed by atoms with Gasteiger partial charge in [0, 0.05) is 30.6 Å². The van der Waals surface area contributed by atoms with Gasteiger partial charge < -0.3 is 9.26 Å². The van der Waals surface area contributed by atoms with Crippen molar-refractivity contribution in [3.05, 3.63) is 65.4 Å². The van der Waals surface area contributed by atoms with Crippen molar-refractivity contribution >= 4 is 27.7 Å². The highest BCUT2D eigenvalue weighted by molar-refractivity contribution is 7.92.